The molecule has 5 heteroatoms. The van der Waals surface area contributed by atoms with Gasteiger partial charge in [0, 0.05) is 32.7 Å². The Morgan fingerprint density at radius 3 is 2.71 bits per heavy atom. The standard InChI is InChI=1S/C16H25N3O.ClH/c1-13-11-19(10-9-17-13)12-16(20)18(3)14(2)15-7-5-4-6-8-15;/h4-8,13-14,17H,9-12H2,1-3H3;1H. The molecule has 1 saturated heterocycles. The number of halogens is 1. The lowest BCUT2D eigenvalue weighted by Crippen LogP contribution is -2.52. The van der Waals surface area contributed by atoms with Gasteiger partial charge in [-0.25, -0.2) is 0 Å². The molecule has 2 unspecified atom stereocenters. The van der Waals surface area contributed by atoms with Crippen LogP contribution < -0.4 is 5.32 Å². The maximum Gasteiger partial charge on any atom is 0.236 e. The monoisotopic (exact) mass is 311 g/mol. The van der Waals surface area contributed by atoms with Crippen LogP contribution in [-0.4, -0.2) is 55.0 Å². The van der Waals surface area contributed by atoms with Gasteiger partial charge in [-0.05, 0) is 19.4 Å². The Morgan fingerprint density at radius 1 is 1.43 bits per heavy atom. The summed E-state index contributed by atoms with van der Waals surface area (Å²) in [5.74, 6) is 0.190. The van der Waals surface area contributed by atoms with Crippen LogP contribution in [0.15, 0.2) is 30.3 Å². The van der Waals surface area contributed by atoms with Crippen LogP contribution in [0.1, 0.15) is 25.5 Å². The van der Waals surface area contributed by atoms with Crippen molar-refractivity contribution in [2.24, 2.45) is 0 Å². The van der Waals surface area contributed by atoms with E-state index in [2.05, 4.69) is 36.2 Å². The van der Waals surface area contributed by atoms with Crippen molar-refractivity contribution >= 4 is 18.3 Å². The first kappa shape index (κ1) is 18.0. The molecule has 1 aliphatic rings. The minimum absolute atomic E-state index is 0. The predicted molar refractivity (Wildman–Crippen MR) is 88.8 cm³/mol. The lowest BCUT2D eigenvalue weighted by Gasteiger charge is -2.33. The van der Waals surface area contributed by atoms with Crippen LogP contribution in [0, 0.1) is 0 Å². The van der Waals surface area contributed by atoms with E-state index in [1.807, 2.05) is 30.1 Å². The minimum atomic E-state index is 0. The molecule has 0 aromatic heterocycles. The molecule has 1 fully saturated rings. The Morgan fingerprint density at radius 2 is 2.10 bits per heavy atom. The number of rotatable bonds is 4. The fraction of sp³-hybridized carbons (Fsp3) is 0.562. The maximum atomic E-state index is 12.4. The first-order valence-corrected chi connectivity index (χ1v) is 7.34. The number of piperazine rings is 1. The summed E-state index contributed by atoms with van der Waals surface area (Å²) in [4.78, 5) is 16.5. The normalized spacial score (nSPS) is 20.4. The quantitative estimate of drug-likeness (QED) is 0.923. The topological polar surface area (TPSA) is 35.6 Å². The SMILES string of the molecule is CC1CN(CC(=O)N(C)C(C)c2ccccc2)CCN1.Cl. The molecule has 1 aromatic carbocycles. The third kappa shape index (κ3) is 4.99. The Labute approximate surface area is 133 Å². The average molecular weight is 312 g/mol. The number of carbonyl (C=O) groups excluding carboxylic acids is 1. The van der Waals surface area contributed by atoms with Crippen molar-refractivity contribution < 1.29 is 4.79 Å². The Kier molecular flexibility index (Phi) is 7.15. The number of carbonyl (C=O) groups is 1. The van der Waals surface area contributed by atoms with E-state index in [1.165, 1.54) is 5.56 Å². The first-order chi connectivity index (χ1) is 9.58. The van der Waals surface area contributed by atoms with E-state index in [9.17, 15) is 4.79 Å². The minimum Gasteiger partial charge on any atom is -0.338 e. The van der Waals surface area contributed by atoms with Gasteiger partial charge in [-0.2, -0.15) is 0 Å². The number of likely N-dealkylation sites (N-methyl/N-ethyl adjacent to an activating group) is 1. The van der Waals surface area contributed by atoms with Gasteiger partial charge < -0.3 is 10.2 Å². The van der Waals surface area contributed by atoms with Gasteiger partial charge in [0.1, 0.15) is 0 Å². The molecule has 1 aliphatic heterocycles. The zero-order chi connectivity index (χ0) is 14.5. The van der Waals surface area contributed by atoms with Crippen molar-refractivity contribution in [3.8, 4) is 0 Å². The van der Waals surface area contributed by atoms with Crippen LogP contribution in [0.2, 0.25) is 0 Å². The predicted octanol–water partition coefficient (Wildman–Crippen LogP) is 1.92. The lowest BCUT2D eigenvalue weighted by atomic mass is 10.1. The summed E-state index contributed by atoms with van der Waals surface area (Å²) in [6.45, 7) is 7.61. The van der Waals surface area contributed by atoms with E-state index in [4.69, 9.17) is 0 Å². The van der Waals surface area contributed by atoms with E-state index in [0.717, 1.165) is 19.6 Å². The van der Waals surface area contributed by atoms with Crippen molar-refractivity contribution in [2.75, 3.05) is 33.2 Å². The number of hydrogen-bond acceptors (Lipinski definition) is 3. The summed E-state index contributed by atoms with van der Waals surface area (Å²) >= 11 is 0. The molecule has 1 aromatic rings. The first-order valence-electron chi connectivity index (χ1n) is 7.34. The van der Waals surface area contributed by atoms with E-state index >= 15 is 0 Å². The molecular formula is C16H26ClN3O. The molecule has 1 N–H and O–H groups in total. The number of hydrogen-bond donors (Lipinski definition) is 1. The highest BCUT2D eigenvalue weighted by Gasteiger charge is 2.22. The van der Waals surface area contributed by atoms with Gasteiger partial charge in [0.05, 0.1) is 12.6 Å². The highest BCUT2D eigenvalue weighted by atomic mass is 35.5. The fourth-order valence-corrected chi connectivity index (χ4v) is 2.63. The second-order valence-corrected chi connectivity index (χ2v) is 5.68. The van der Waals surface area contributed by atoms with Crippen LogP contribution in [0.25, 0.3) is 0 Å². The van der Waals surface area contributed by atoms with Gasteiger partial charge in [-0.3, -0.25) is 9.69 Å². The Hall–Kier alpha value is -1.10. The lowest BCUT2D eigenvalue weighted by molar-refractivity contribution is -0.133. The van der Waals surface area contributed by atoms with E-state index in [-0.39, 0.29) is 24.4 Å². The van der Waals surface area contributed by atoms with E-state index in [1.54, 1.807) is 0 Å². The van der Waals surface area contributed by atoms with Gasteiger partial charge in [-0.1, -0.05) is 30.3 Å². The van der Waals surface area contributed by atoms with Crippen molar-refractivity contribution in [3.05, 3.63) is 35.9 Å². The molecule has 1 heterocycles. The van der Waals surface area contributed by atoms with Crippen LogP contribution in [0.5, 0.6) is 0 Å². The van der Waals surface area contributed by atoms with E-state index in [0.29, 0.717) is 12.6 Å². The van der Waals surface area contributed by atoms with Crippen LogP contribution in [0.3, 0.4) is 0 Å². The van der Waals surface area contributed by atoms with Gasteiger partial charge >= 0.3 is 0 Å². The summed E-state index contributed by atoms with van der Waals surface area (Å²) in [7, 11) is 1.89. The molecule has 0 spiro atoms. The van der Waals surface area contributed by atoms with Crippen molar-refractivity contribution in [2.45, 2.75) is 25.9 Å². The van der Waals surface area contributed by atoms with Gasteiger partial charge in [0.25, 0.3) is 0 Å². The molecule has 118 valence electrons. The zero-order valence-electron chi connectivity index (χ0n) is 13.1. The highest BCUT2D eigenvalue weighted by Crippen LogP contribution is 2.18. The molecular weight excluding hydrogens is 286 g/mol. The summed E-state index contributed by atoms with van der Waals surface area (Å²) < 4.78 is 0. The van der Waals surface area contributed by atoms with Gasteiger partial charge in [0.15, 0.2) is 0 Å². The number of benzene rings is 1. The summed E-state index contributed by atoms with van der Waals surface area (Å²) in [5.41, 5.74) is 1.18. The van der Waals surface area contributed by atoms with Crippen molar-refractivity contribution in [1.29, 1.82) is 0 Å². The average Bonchev–Trinajstić information content (AvgIpc) is 2.46. The number of nitrogens with zero attached hydrogens (tertiary/aromatic N) is 2. The summed E-state index contributed by atoms with van der Waals surface area (Å²) in [6.07, 6.45) is 0. The molecule has 0 radical (unpaired) electrons. The zero-order valence-corrected chi connectivity index (χ0v) is 13.9. The molecule has 0 saturated carbocycles. The van der Waals surface area contributed by atoms with Crippen LogP contribution in [0.4, 0.5) is 0 Å². The molecule has 0 aliphatic carbocycles. The number of amides is 1. The van der Waals surface area contributed by atoms with Crippen LogP contribution >= 0.6 is 12.4 Å². The summed E-state index contributed by atoms with van der Waals surface area (Å²) in [5, 5.41) is 3.40. The largest absolute Gasteiger partial charge is 0.338 e. The van der Waals surface area contributed by atoms with Gasteiger partial charge in [0.2, 0.25) is 5.91 Å². The van der Waals surface area contributed by atoms with E-state index < -0.39 is 0 Å². The second kappa shape index (κ2) is 8.37. The highest BCUT2D eigenvalue weighted by molar-refractivity contribution is 5.85. The molecule has 0 bridgehead atoms. The molecule has 2 rings (SSSR count). The maximum absolute atomic E-state index is 12.4. The number of nitrogens with one attached hydrogen (secondary N) is 1. The third-order valence-corrected chi connectivity index (χ3v) is 4.07. The molecule has 21 heavy (non-hydrogen) atoms. The Balaban J connectivity index is 0.00000220. The van der Waals surface area contributed by atoms with Gasteiger partial charge in [-0.15, -0.1) is 12.4 Å². The molecule has 1 amide bonds. The smallest absolute Gasteiger partial charge is 0.236 e. The fourth-order valence-electron chi connectivity index (χ4n) is 2.63. The van der Waals surface area contributed by atoms with Crippen molar-refractivity contribution in [3.63, 3.8) is 0 Å². The summed E-state index contributed by atoms with van der Waals surface area (Å²) in [6, 6.07) is 10.8. The molecule has 2 atom stereocenters. The Bertz CT molecular complexity index is 440. The second-order valence-electron chi connectivity index (χ2n) is 5.68. The van der Waals surface area contributed by atoms with Crippen LogP contribution in [-0.2, 0) is 4.79 Å². The third-order valence-electron chi connectivity index (χ3n) is 4.07. The molecule has 4 nitrogen and oxygen atoms in total. The van der Waals surface area contributed by atoms with Crippen molar-refractivity contribution in [1.82, 2.24) is 15.1 Å².